The van der Waals surface area contributed by atoms with Crippen molar-refractivity contribution in [2.75, 3.05) is 19.0 Å². The van der Waals surface area contributed by atoms with Crippen LogP contribution in [-0.4, -0.2) is 30.6 Å². The molecule has 1 heterocycles. The van der Waals surface area contributed by atoms with Crippen molar-refractivity contribution in [3.63, 3.8) is 0 Å². The Labute approximate surface area is 190 Å². The van der Waals surface area contributed by atoms with Crippen molar-refractivity contribution >= 4 is 28.5 Å². The number of hydrogen-bond acceptors (Lipinski definition) is 6. The minimum Gasteiger partial charge on any atom is -0.497 e. The smallest absolute Gasteiger partial charge is 0.340 e. The molecular formula is C26H22N2O5. The molecule has 1 amide bonds. The fraction of sp³-hybridized carbons (Fsp3) is 0.115. The zero-order valence-electron chi connectivity index (χ0n) is 18.2. The standard InChI is InChI=1S/C26H22N2O5/c1-17-21(15-18-14-20(31-2)12-13-22(18)27-17)26(30)32-16-25(29)28-23-10-6-7-11-24(23)33-19-8-4-3-5-9-19/h3-15H,16H2,1-2H3,(H,28,29). The Morgan fingerprint density at radius 3 is 2.45 bits per heavy atom. The summed E-state index contributed by atoms with van der Waals surface area (Å²) >= 11 is 0. The molecule has 33 heavy (non-hydrogen) atoms. The summed E-state index contributed by atoms with van der Waals surface area (Å²) in [6.45, 7) is 1.27. The Hall–Kier alpha value is -4.39. The summed E-state index contributed by atoms with van der Waals surface area (Å²) in [5.74, 6) is 0.658. The van der Waals surface area contributed by atoms with Gasteiger partial charge < -0.3 is 19.5 Å². The Morgan fingerprint density at radius 1 is 0.909 bits per heavy atom. The highest BCUT2D eigenvalue weighted by Crippen LogP contribution is 2.29. The molecule has 166 valence electrons. The number of esters is 1. The minimum absolute atomic E-state index is 0.288. The minimum atomic E-state index is -0.631. The SMILES string of the molecule is COc1ccc2nc(C)c(C(=O)OCC(=O)Nc3ccccc3Oc3ccccc3)cc2c1. The van der Waals surface area contributed by atoms with Crippen molar-refractivity contribution in [2.24, 2.45) is 0 Å². The first kappa shape index (κ1) is 21.8. The van der Waals surface area contributed by atoms with Crippen LogP contribution >= 0.6 is 0 Å². The summed E-state index contributed by atoms with van der Waals surface area (Å²) in [5, 5.41) is 3.46. The van der Waals surface area contributed by atoms with Crippen LogP contribution in [0.25, 0.3) is 10.9 Å². The quantitative estimate of drug-likeness (QED) is 0.399. The van der Waals surface area contributed by atoms with E-state index in [1.807, 2.05) is 36.4 Å². The molecule has 0 aliphatic heterocycles. The van der Waals surface area contributed by atoms with Gasteiger partial charge in [-0.2, -0.15) is 0 Å². The van der Waals surface area contributed by atoms with Gasteiger partial charge in [0, 0.05) is 5.39 Å². The number of fused-ring (bicyclic) bond motifs is 1. The first-order valence-corrected chi connectivity index (χ1v) is 10.3. The van der Waals surface area contributed by atoms with Gasteiger partial charge in [0.25, 0.3) is 5.91 Å². The Morgan fingerprint density at radius 2 is 1.67 bits per heavy atom. The number of methoxy groups -OCH3 is 1. The van der Waals surface area contributed by atoms with Crippen LogP contribution in [-0.2, 0) is 9.53 Å². The molecule has 4 aromatic rings. The largest absolute Gasteiger partial charge is 0.497 e. The molecule has 0 aliphatic carbocycles. The van der Waals surface area contributed by atoms with Crippen molar-refractivity contribution in [3.8, 4) is 17.2 Å². The van der Waals surface area contributed by atoms with E-state index in [0.717, 1.165) is 10.9 Å². The van der Waals surface area contributed by atoms with Gasteiger partial charge in [-0.25, -0.2) is 4.79 Å². The number of carbonyl (C=O) groups is 2. The molecular weight excluding hydrogens is 420 g/mol. The van der Waals surface area contributed by atoms with Crippen molar-refractivity contribution in [3.05, 3.63) is 90.1 Å². The molecule has 0 unspecified atom stereocenters. The van der Waals surface area contributed by atoms with Gasteiger partial charge in [-0.3, -0.25) is 9.78 Å². The molecule has 0 bridgehead atoms. The normalized spacial score (nSPS) is 10.5. The van der Waals surface area contributed by atoms with E-state index in [9.17, 15) is 9.59 Å². The molecule has 0 fully saturated rings. The van der Waals surface area contributed by atoms with Crippen LogP contribution in [0.15, 0.2) is 78.9 Å². The second-order valence-corrected chi connectivity index (χ2v) is 7.22. The number of aromatic nitrogens is 1. The maximum Gasteiger partial charge on any atom is 0.340 e. The van der Waals surface area contributed by atoms with Gasteiger partial charge >= 0.3 is 5.97 Å². The first-order chi connectivity index (χ1) is 16.0. The number of amides is 1. The third-order valence-corrected chi connectivity index (χ3v) is 4.90. The molecule has 0 aliphatic rings. The van der Waals surface area contributed by atoms with E-state index in [2.05, 4.69) is 10.3 Å². The maximum absolute atomic E-state index is 12.6. The zero-order valence-corrected chi connectivity index (χ0v) is 18.2. The fourth-order valence-electron chi connectivity index (χ4n) is 3.25. The molecule has 0 atom stereocenters. The van der Waals surface area contributed by atoms with Crippen LogP contribution in [0.2, 0.25) is 0 Å². The third kappa shape index (κ3) is 5.27. The summed E-state index contributed by atoms with van der Waals surface area (Å²) in [7, 11) is 1.57. The lowest BCUT2D eigenvalue weighted by atomic mass is 10.1. The number of anilines is 1. The predicted octanol–water partition coefficient (Wildman–Crippen LogP) is 5.14. The number of benzene rings is 3. The molecule has 1 aromatic heterocycles. The maximum atomic E-state index is 12.6. The molecule has 7 nitrogen and oxygen atoms in total. The number of nitrogens with zero attached hydrogens (tertiary/aromatic N) is 1. The highest BCUT2D eigenvalue weighted by atomic mass is 16.5. The van der Waals surface area contributed by atoms with Gasteiger partial charge in [0.05, 0.1) is 29.6 Å². The monoisotopic (exact) mass is 442 g/mol. The lowest BCUT2D eigenvalue weighted by Crippen LogP contribution is -2.21. The molecule has 1 N–H and O–H groups in total. The molecule has 0 saturated heterocycles. The number of nitrogens with one attached hydrogen (secondary N) is 1. The van der Waals surface area contributed by atoms with Gasteiger partial charge in [0.15, 0.2) is 12.4 Å². The molecule has 3 aromatic carbocycles. The van der Waals surface area contributed by atoms with Gasteiger partial charge in [0.1, 0.15) is 11.5 Å². The van der Waals surface area contributed by atoms with Crippen molar-refractivity contribution in [1.82, 2.24) is 4.98 Å². The second kappa shape index (κ2) is 9.82. The summed E-state index contributed by atoms with van der Waals surface area (Å²) < 4.78 is 16.3. The van der Waals surface area contributed by atoms with Gasteiger partial charge in [-0.05, 0) is 55.5 Å². The number of ether oxygens (including phenoxy) is 3. The Balaban J connectivity index is 1.42. The van der Waals surface area contributed by atoms with Crippen LogP contribution in [0.1, 0.15) is 16.1 Å². The lowest BCUT2D eigenvalue weighted by molar-refractivity contribution is -0.119. The summed E-state index contributed by atoms with van der Waals surface area (Å²) in [6.07, 6.45) is 0. The van der Waals surface area contributed by atoms with E-state index in [-0.39, 0.29) is 5.56 Å². The fourth-order valence-corrected chi connectivity index (χ4v) is 3.25. The molecule has 0 spiro atoms. The van der Waals surface area contributed by atoms with Crippen molar-refractivity contribution < 1.29 is 23.8 Å². The van der Waals surface area contributed by atoms with Crippen LogP contribution in [0.5, 0.6) is 17.2 Å². The lowest BCUT2D eigenvalue weighted by Gasteiger charge is -2.13. The highest BCUT2D eigenvalue weighted by Gasteiger charge is 2.16. The number of pyridine rings is 1. The number of rotatable bonds is 7. The van der Waals surface area contributed by atoms with E-state index < -0.39 is 18.5 Å². The van der Waals surface area contributed by atoms with Crippen molar-refractivity contribution in [1.29, 1.82) is 0 Å². The Kier molecular flexibility index (Phi) is 6.50. The summed E-state index contributed by atoms with van der Waals surface area (Å²) in [6, 6.07) is 23.4. The van der Waals surface area contributed by atoms with E-state index in [0.29, 0.717) is 28.6 Å². The molecule has 4 rings (SSSR count). The van der Waals surface area contributed by atoms with Crippen LogP contribution in [0.4, 0.5) is 5.69 Å². The van der Waals surface area contributed by atoms with Crippen LogP contribution in [0.3, 0.4) is 0 Å². The van der Waals surface area contributed by atoms with E-state index >= 15 is 0 Å². The summed E-state index contributed by atoms with van der Waals surface area (Å²) in [5.41, 5.74) is 2.01. The number of para-hydroxylation sites is 3. The average molecular weight is 442 g/mol. The molecule has 0 saturated carbocycles. The third-order valence-electron chi connectivity index (χ3n) is 4.90. The van der Waals surface area contributed by atoms with E-state index in [1.54, 1.807) is 56.5 Å². The zero-order chi connectivity index (χ0) is 23.2. The number of hydrogen-bond donors (Lipinski definition) is 1. The van der Waals surface area contributed by atoms with Gasteiger partial charge in [0.2, 0.25) is 0 Å². The van der Waals surface area contributed by atoms with Crippen molar-refractivity contribution in [2.45, 2.75) is 6.92 Å². The predicted molar refractivity (Wildman–Crippen MR) is 125 cm³/mol. The number of carbonyl (C=O) groups excluding carboxylic acids is 2. The Bertz CT molecular complexity index is 1300. The highest BCUT2D eigenvalue weighted by molar-refractivity contribution is 5.98. The second-order valence-electron chi connectivity index (χ2n) is 7.22. The van der Waals surface area contributed by atoms with Gasteiger partial charge in [-0.1, -0.05) is 30.3 Å². The van der Waals surface area contributed by atoms with E-state index in [4.69, 9.17) is 14.2 Å². The average Bonchev–Trinajstić information content (AvgIpc) is 2.83. The number of aryl methyl sites for hydroxylation is 1. The summed E-state index contributed by atoms with van der Waals surface area (Å²) in [4.78, 5) is 29.5. The van der Waals surface area contributed by atoms with Crippen LogP contribution < -0.4 is 14.8 Å². The van der Waals surface area contributed by atoms with Gasteiger partial charge in [-0.15, -0.1) is 0 Å². The van der Waals surface area contributed by atoms with E-state index in [1.165, 1.54) is 0 Å². The molecule has 0 radical (unpaired) electrons. The van der Waals surface area contributed by atoms with Crippen LogP contribution in [0, 0.1) is 6.92 Å². The topological polar surface area (TPSA) is 86.8 Å². The first-order valence-electron chi connectivity index (χ1n) is 10.3. The molecule has 7 heteroatoms.